The van der Waals surface area contributed by atoms with Gasteiger partial charge < -0.3 is 24.6 Å². The zero-order chi connectivity index (χ0) is 23.8. The molecule has 1 aliphatic heterocycles. The van der Waals surface area contributed by atoms with Gasteiger partial charge in [0.25, 0.3) is 5.91 Å². The van der Waals surface area contributed by atoms with Gasteiger partial charge in [-0.1, -0.05) is 13.8 Å². The number of aliphatic hydroxyl groups is 2. The summed E-state index contributed by atoms with van der Waals surface area (Å²) in [5.41, 5.74) is -0.119. The van der Waals surface area contributed by atoms with Gasteiger partial charge in [-0.05, 0) is 30.6 Å². The smallest absolute Gasteiger partial charge is 0.252 e. The number of carbonyl (C=O) groups excluding carboxylic acids is 2. The van der Waals surface area contributed by atoms with Gasteiger partial charge in [0.05, 0.1) is 31.6 Å². The molecule has 1 aromatic heterocycles. The maximum Gasteiger partial charge on any atom is 0.252 e. The zero-order valence-corrected chi connectivity index (χ0v) is 20.4. The molecule has 1 saturated heterocycles. The van der Waals surface area contributed by atoms with E-state index in [0.717, 1.165) is 17.0 Å². The Morgan fingerprint density at radius 3 is 2.73 bits per heavy atom. The third kappa shape index (κ3) is 4.43. The molecule has 4 rings (SSSR count). The third-order valence-electron chi connectivity index (χ3n) is 8.16. The summed E-state index contributed by atoms with van der Waals surface area (Å²) in [5, 5.41) is 24.5. The van der Waals surface area contributed by atoms with Crippen LogP contribution >= 0.6 is 11.3 Å². The van der Waals surface area contributed by atoms with E-state index < -0.39 is 11.5 Å². The van der Waals surface area contributed by atoms with Crippen molar-refractivity contribution >= 4 is 28.3 Å². The first kappa shape index (κ1) is 24.5. The van der Waals surface area contributed by atoms with Crippen molar-refractivity contribution in [2.45, 2.75) is 51.6 Å². The molecule has 184 valence electrons. The number of aromatic nitrogens is 1. The number of rotatable bonds is 6. The molecule has 2 aliphatic carbocycles. The summed E-state index contributed by atoms with van der Waals surface area (Å²) < 4.78 is 10.3. The number of morpholine rings is 1. The lowest BCUT2D eigenvalue weighted by molar-refractivity contribution is -0.149. The number of anilines is 1. The fraction of sp³-hybridized carbons (Fsp3) is 0.783. The summed E-state index contributed by atoms with van der Waals surface area (Å²) in [6.45, 7) is 6.21. The van der Waals surface area contributed by atoms with Gasteiger partial charge in [-0.2, -0.15) is 0 Å². The largest absolute Gasteiger partial charge is 0.396 e. The van der Waals surface area contributed by atoms with E-state index in [9.17, 15) is 19.8 Å². The minimum absolute atomic E-state index is 0.0169. The number of aliphatic hydroxyl groups excluding tert-OH is 2. The first-order valence-electron chi connectivity index (χ1n) is 11.7. The average Bonchev–Trinajstić information content (AvgIpc) is 3.20. The molecule has 10 heteroatoms. The number of fused-ring (bicyclic) bond motifs is 2. The van der Waals surface area contributed by atoms with E-state index in [-0.39, 0.29) is 42.3 Å². The topological polar surface area (TPSA) is 121 Å². The highest BCUT2D eigenvalue weighted by Gasteiger charge is 2.59. The minimum Gasteiger partial charge on any atom is -0.396 e. The average molecular weight is 482 g/mol. The number of nitrogens with zero attached hydrogens (tertiary/aromatic N) is 2. The van der Waals surface area contributed by atoms with E-state index in [2.05, 4.69) is 12.2 Å². The van der Waals surface area contributed by atoms with Gasteiger partial charge in [0.1, 0.15) is 6.61 Å². The molecule has 0 radical (unpaired) electrons. The van der Waals surface area contributed by atoms with Crippen LogP contribution in [0.15, 0.2) is 0 Å². The summed E-state index contributed by atoms with van der Waals surface area (Å²) in [7, 11) is 1.46. The molecule has 2 amide bonds. The highest BCUT2D eigenvalue weighted by molar-refractivity contribution is 7.15. The Morgan fingerprint density at radius 2 is 2.06 bits per heavy atom. The van der Waals surface area contributed by atoms with Gasteiger partial charge in [-0.3, -0.25) is 14.9 Å². The van der Waals surface area contributed by atoms with Crippen LogP contribution in [0, 0.1) is 16.7 Å². The number of amides is 2. The molecule has 2 heterocycles. The van der Waals surface area contributed by atoms with Crippen molar-refractivity contribution in [3.8, 4) is 0 Å². The van der Waals surface area contributed by atoms with Crippen LogP contribution in [0.5, 0.6) is 0 Å². The lowest BCUT2D eigenvalue weighted by atomic mass is 9.47. The molecule has 1 aromatic rings. The van der Waals surface area contributed by atoms with Crippen molar-refractivity contribution in [1.29, 1.82) is 0 Å². The molecule has 9 nitrogen and oxygen atoms in total. The Bertz CT molecular complexity index is 888. The number of nitrogens with one attached hydrogen (secondary N) is 1. The number of hydrogen-bond donors (Lipinski definition) is 3. The van der Waals surface area contributed by atoms with E-state index in [0.29, 0.717) is 50.7 Å². The van der Waals surface area contributed by atoms with Crippen LogP contribution in [-0.2, 0) is 25.5 Å². The van der Waals surface area contributed by atoms with Crippen LogP contribution in [0.1, 0.15) is 49.6 Å². The fourth-order valence-electron chi connectivity index (χ4n) is 6.10. The second-order valence-corrected chi connectivity index (χ2v) is 11.1. The monoisotopic (exact) mass is 481 g/mol. The normalized spacial score (nSPS) is 33.8. The van der Waals surface area contributed by atoms with Crippen LogP contribution in [0.3, 0.4) is 0 Å². The fourth-order valence-corrected chi connectivity index (χ4v) is 7.19. The summed E-state index contributed by atoms with van der Waals surface area (Å²) in [6, 6.07) is 0. The molecule has 5 unspecified atom stereocenters. The number of carbonyl (C=O) groups is 2. The van der Waals surface area contributed by atoms with Gasteiger partial charge in [-0.15, -0.1) is 11.3 Å². The van der Waals surface area contributed by atoms with Gasteiger partial charge >= 0.3 is 0 Å². The van der Waals surface area contributed by atoms with E-state index in [4.69, 9.17) is 14.5 Å². The summed E-state index contributed by atoms with van der Waals surface area (Å²) >= 11 is 1.42. The molecular weight excluding hydrogens is 446 g/mol. The van der Waals surface area contributed by atoms with Gasteiger partial charge in [0.15, 0.2) is 5.13 Å². The predicted octanol–water partition coefficient (Wildman–Crippen LogP) is 1.39. The SMILES string of the molecule is COCC(=O)Nc1nc2c(s1)CC1C(C)(CO)C(O)CCC1(C)C2CC(=O)N1CCOCC1. The molecule has 3 aliphatic rings. The molecule has 5 atom stereocenters. The quantitative estimate of drug-likeness (QED) is 0.561. The number of hydrogen-bond acceptors (Lipinski definition) is 8. The van der Waals surface area contributed by atoms with Crippen LogP contribution in [0.4, 0.5) is 5.13 Å². The maximum absolute atomic E-state index is 13.3. The van der Waals surface area contributed by atoms with Gasteiger partial charge in [0, 0.05) is 42.8 Å². The third-order valence-corrected chi connectivity index (χ3v) is 9.17. The van der Waals surface area contributed by atoms with E-state index >= 15 is 0 Å². The number of thiazole rings is 1. The van der Waals surface area contributed by atoms with E-state index in [1.165, 1.54) is 18.4 Å². The van der Waals surface area contributed by atoms with Crippen molar-refractivity contribution < 1.29 is 29.3 Å². The number of ether oxygens (including phenoxy) is 2. The van der Waals surface area contributed by atoms with Crippen LogP contribution in [-0.4, -0.2) is 84.6 Å². The second kappa shape index (κ2) is 9.58. The highest BCUT2D eigenvalue weighted by Crippen LogP contribution is 2.62. The van der Waals surface area contributed by atoms with Crippen molar-refractivity contribution in [2.24, 2.45) is 16.7 Å². The van der Waals surface area contributed by atoms with Crippen molar-refractivity contribution in [1.82, 2.24) is 9.88 Å². The first-order chi connectivity index (χ1) is 15.7. The van der Waals surface area contributed by atoms with Crippen LogP contribution in [0.2, 0.25) is 0 Å². The molecule has 3 N–H and O–H groups in total. The van der Waals surface area contributed by atoms with Crippen LogP contribution in [0.25, 0.3) is 0 Å². The highest BCUT2D eigenvalue weighted by atomic mass is 32.1. The molecule has 1 saturated carbocycles. The Morgan fingerprint density at radius 1 is 1.33 bits per heavy atom. The summed E-state index contributed by atoms with van der Waals surface area (Å²) in [6.07, 6.45) is 1.68. The Hall–Kier alpha value is -1.59. The Kier molecular flexibility index (Phi) is 7.12. The van der Waals surface area contributed by atoms with Gasteiger partial charge in [0.2, 0.25) is 5.91 Å². The molecule has 33 heavy (non-hydrogen) atoms. The first-order valence-corrected chi connectivity index (χ1v) is 12.5. The minimum atomic E-state index is -0.672. The summed E-state index contributed by atoms with van der Waals surface area (Å²) in [4.78, 5) is 33.1. The Balaban J connectivity index is 1.70. The van der Waals surface area contributed by atoms with Crippen LogP contribution < -0.4 is 5.32 Å². The molecule has 0 spiro atoms. The second-order valence-electron chi connectivity index (χ2n) is 10.0. The molecule has 0 aromatic carbocycles. The van der Waals surface area contributed by atoms with Gasteiger partial charge in [-0.25, -0.2) is 4.98 Å². The van der Waals surface area contributed by atoms with Crippen molar-refractivity contribution in [3.63, 3.8) is 0 Å². The zero-order valence-electron chi connectivity index (χ0n) is 19.6. The molecule has 2 fully saturated rings. The molecular formula is C23H35N3O6S. The lowest BCUT2D eigenvalue weighted by Crippen LogP contribution is -2.58. The van der Waals surface area contributed by atoms with Crippen molar-refractivity contribution in [2.75, 3.05) is 51.9 Å². The maximum atomic E-state index is 13.3. The van der Waals surface area contributed by atoms with E-state index in [1.54, 1.807) is 0 Å². The molecule has 0 bridgehead atoms. The van der Waals surface area contributed by atoms with E-state index in [1.807, 2.05) is 11.8 Å². The standard InChI is InChI=1S/C23H35N3O6S/c1-22-5-4-17(28)23(2,13-27)16(22)11-15-20(25-21(33-15)24-18(29)12-31-3)14(22)10-19(30)26-6-8-32-9-7-26/h14,16-17,27-28H,4-13H2,1-3H3,(H,24,25,29). The summed E-state index contributed by atoms with van der Waals surface area (Å²) in [5.74, 6) is -0.379. The lowest BCUT2D eigenvalue weighted by Gasteiger charge is -2.58. The predicted molar refractivity (Wildman–Crippen MR) is 123 cm³/mol. The number of methoxy groups -OCH3 is 1. The Labute approximate surface area is 198 Å². The van der Waals surface area contributed by atoms with Crippen molar-refractivity contribution in [3.05, 3.63) is 10.6 Å².